The lowest BCUT2D eigenvalue weighted by atomic mass is 10.1. The molecule has 4 heteroatoms. The first kappa shape index (κ1) is 11.8. The Labute approximate surface area is 73.1 Å². The van der Waals surface area contributed by atoms with Crippen LogP contribution in [-0.4, -0.2) is 43.4 Å². The summed E-state index contributed by atoms with van der Waals surface area (Å²) in [4.78, 5) is 0. The molecule has 12 heavy (non-hydrogen) atoms. The largest absolute Gasteiger partial charge is 0.396 e. The van der Waals surface area contributed by atoms with Crippen LogP contribution in [0, 0.1) is 5.92 Å². The minimum atomic E-state index is -0.320. The molecule has 0 fully saturated rings. The average Bonchev–Trinajstić information content (AvgIpc) is 2.12. The molecule has 4 nitrogen and oxygen atoms in total. The predicted molar refractivity (Wildman–Crippen MR) is 44.7 cm³/mol. The van der Waals surface area contributed by atoms with Gasteiger partial charge >= 0.3 is 0 Å². The van der Waals surface area contributed by atoms with Gasteiger partial charge in [-0.3, -0.25) is 0 Å². The Balaban J connectivity index is 3.65. The van der Waals surface area contributed by atoms with Crippen molar-refractivity contribution in [2.45, 2.75) is 19.6 Å². The molecule has 74 valence electrons. The molecule has 0 radical (unpaired) electrons. The summed E-state index contributed by atoms with van der Waals surface area (Å²) in [6, 6.07) is 0. The van der Waals surface area contributed by atoms with Crippen LogP contribution < -0.4 is 0 Å². The maximum atomic E-state index is 8.77. The molecule has 2 N–H and O–H groups in total. The summed E-state index contributed by atoms with van der Waals surface area (Å²) in [5, 5.41) is 17.5. The van der Waals surface area contributed by atoms with E-state index in [2.05, 4.69) is 0 Å². The summed E-state index contributed by atoms with van der Waals surface area (Å²) in [6.07, 6.45) is 0.205. The van der Waals surface area contributed by atoms with Crippen LogP contribution in [-0.2, 0) is 9.47 Å². The molecule has 0 saturated carbocycles. The van der Waals surface area contributed by atoms with E-state index in [1.807, 2.05) is 6.92 Å². The zero-order valence-electron chi connectivity index (χ0n) is 7.69. The van der Waals surface area contributed by atoms with Crippen LogP contribution >= 0.6 is 0 Å². The van der Waals surface area contributed by atoms with Crippen LogP contribution in [0.2, 0.25) is 0 Å². The van der Waals surface area contributed by atoms with Crippen molar-refractivity contribution in [3.63, 3.8) is 0 Å². The van der Waals surface area contributed by atoms with Crippen LogP contribution in [0.1, 0.15) is 13.3 Å². The maximum Gasteiger partial charge on any atom is 0.157 e. The minimum Gasteiger partial charge on any atom is -0.396 e. The Morgan fingerprint density at radius 3 is 2.17 bits per heavy atom. The third-order valence-electron chi connectivity index (χ3n) is 1.66. The Hall–Kier alpha value is -0.160. The fourth-order valence-electron chi connectivity index (χ4n) is 0.897. The first-order chi connectivity index (χ1) is 5.78. The third kappa shape index (κ3) is 4.66. The molecule has 0 aromatic carbocycles. The van der Waals surface area contributed by atoms with Crippen molar-refractivity contribution < 1.29 is 19.7 Å². The molecule has 0 aromatic rings. The van der Waals surface area contributed by atoms with Crippen LogP contribution in [0.3, 0.4) is 0 Å². The number of aliphatic hydroxyl groups is 2. The van der Waals surface area contributed by atoms with Gasteiger partial charge < -0.3 is 19.7 Å². The van der Waals surface area contributed by atoms with Crippen molar-refractivity contribution in [2.75, 3.05) is 26.9 Å². The molecule has 0 spiro atoms. The second-order valence-corrected chi connectivity index (χ2v) is 2.59. The van der Waals surface area contributed by atoms with Crippen LogP contribution in [0.5, 0.6) is 0 Å². The van der Waals surface area contributed by atoms with Crippen molar-refractivity contribution in [1.82, 2.24) is 0 Å². The first-order valence-electron chi connectivity index (χ1n) is 4.14. The number of aliphatic hydroxyl groups excluding tert-OH is 2. The van der Waals surface area contributed by atoms with Gasteiger partial charge in [0.25, 0.3) is 0 Å². The van der Waals surface area contributed by atoms with Gasteiger partial charge in [0.2, 0.25) is 0 Å². The van der Waals surface area contributed by atoms with Crippen molar-refractivity contribution in [3.05, 3.63) is 0 Å². The fraction of sp³-hybridized carbons (Fsp3) is 1.00. The lowest BCUT2D eigenvalue weighted by molar-refractivity contribution is -0.135. The molecule has 0 bridgehead atoms. The van der Waals surface area contributed by atoms with E-state index in [0.717, 1.165) is 0 Å². The van der Waals surface area contributed by atoms with Crippen molar-refractivity contribution in [3.8, 4) is 0 Å². The van der Waals surface area contributed by atoms with E-state index >= 15 is 0 Å². The van der Waals surface area contributed by atoms with Gasteiger partial charge in [0.15, 0.2) is 6.29 Å². The summed E-state index contributed by atoms with van der Waals surface area (Å²) in [6.45, 7) is 2.37. The molecule has 0 aliphatic heterocycles. The minimum absolute atomic E-state index is 0.0383. The normalized spacial score (nSPS) is 13.8. The first-order valence-corrected chi connectivity index (χ1v) is 4.14. The molecular formula is C8H18O4. The van der Waals surface area contributed by atoms with E-state index in [1.54, 1.807) is 7.11 Å². The molecule has 0 amide bonds. The molecule has 0 heterocycles. The second kappa shape index (κ2) is 7.49. The number of ether oxygens (including phenoxy) is 2. The summed E-state index contributed by atoms with van der Waals surface area (Å²) in [5.74, 6) is -0.151. The third-order valence-corrected chi connectivity index (χ3v) is 1.66. The van der Waals surface area contributed by atoms with Crippen molar-refractivity contribution in [2.24, 2.45) is 5.92 Å². The van der Waals surface area contributed by atoms with Crippen molar-refractivity contribution >= 4 is 0 Å². The van der Waals surface area contributed by atoms with Gasteiger partial charge in [-0.05, 0) is 6.92 Å². The molecule has 0 aliphatic rings. The van der Waals surface area contributed by atoms with Gasteiger partial charge in [-0.25, -0.2) is 0 Å². The van der Waals surface area contributed by atoms with Crippen molar-refractivity contribution in [1.29, 1.82) is 0 Å². The van der Waals surface area contributed by atoms with Crippen LogP contribution in [0.15, 0.2) is 0 Å². The highest BCUT2D eigenvalue weighted by Crippen LogP contribution is 2.08. The highest BCUT2D eigenvalue weighted by atomic mass is 16.7. The molecule has 0 saturated heterocycles. The molecule has 0 rings (SSSR count). The Morgan fingerprint density at radius 2 is 1.83 bits per heavy atom. The van der Waals surface area contributed by atoms with Gasteiger partial charge in [0.05, 0.1) is 0 Å². The zero-order chi connectivity index (χ0) is 9.40. The lowest BCUT2D eigenvalue weighted by Gasteiger charge is -2.19. The van der Waals surface area contributed by atoms with Gasteiger partial charge in [-0.2, -0.15) is 0 Å². The summed E-state index contributed by atoms with van der Waals surface area (Å²) in [5.41, 5.74) is 0. The number of hydrogen-bond acceptors (Lipinski definition) is 4. The molecular weight excluding hydrogens is 160 g/mol. The number of rotatable bonds is 7. The second-order valence-electron chi connectivity index (χ2n) is 2.59. The highest BCUT2D eigenvalue weighted by molar-refractivity contribution is 4.57. The average molecular weight is 178 g/mol. The van der Waals surface area contributed by atoms with Gasteiger partial charge in [-0.15, -0.1) is 0 Å². The molecule has 0 aliphatic carbocycles. The predicted octanol–water partition coefficient (Wildman–Crippen LogP) is -0.0137. The van der Waals surface area contributed by atoms with E-state index in [1.165, 1.54) is 0 Å². The van der Waals surface area contributed by atoms with E-state index in [0.29, 0.717) is 13.0 Å². The van der Waals surface area contributed by atoms with Gasteiger partial charge in [0.1, 0.15) is 0 Å². The molecule has 0 aromatic heterocycles. The highest BCUT2D eigenvalue weighted by Gasteiger charge is 2.14. The Bertz CT molecular complexity index is 93.1. The van der Waals surface area contributed by atoms with E-state index < -0.39 is 0 Å². The summed E-state index contributed by atoms with van der Waals surface area (Å²) < 4.78 is 10.2. The molecule has 1 atom stereocenters. The standard InChI is InChI=1S/C8H18O4/c1-3-12-8(11-2)4-7(5-9)6-10/h7-10H,3-6H2,1-2H3. The maximum absolute atomic E-state index is 8.77. The topological polar surface area (TPSA) is 58.9 Å². The van der Waals surface area contributed by atoms with Crippen LogP contribution in [0.4, 0.5) is 0 Å². The van der Waals surface area contributed by atoms with E-state index in [4.69, 9.17) is 19.7 Å². The van der Waals surface area contributed by atoms with Crippen LogP contribution in [0.25, 0.3) is 0 Å². The summed E-state index contributed by atoms with van der Waals surface area (Å²) in [7, 11) is 1.55. The summed E-state index contributed by atoms with van der Waals surface area (Å²) >= 11 is 0. The Morgan fingerprint density at radius 1 is 1.25 bits per heavy atom. The SMILES string of the molecule is CCOC(CC(CO)CO)OC. The Kier molecular flexibility index (Phi) is 7.39. The fourth-order valence-corrected chi connectivity index (χ4v) is 0.897. The zero-order valence-corrected chi connectivity index (χ0v) is 7.69. The monoisotopic (exact) mass is 178 g/mol. The lowest BCUT2D eigenvalue weighted by Crippen LogP contribution is -2.23. The van der Waals surface area contributed by atoms with E-state index in [-0.39, 0.29) is 25.4 Å². The van der Waals surface area contributed by atoms with Gasteiger partial charge in [0, 0.05) is 39.3 Å². The number of methoxy groups -OCH3 is 1. The quantitative estimate of drug-likeness (QED) is 0.538. The molecule has 1 unspecified atom stereocenters. The number of hydrogen-bond donors (Lipinski definition) is 2. The van der Waals surface area contributed by atoms with Gasteiger partial charge in [-0.1, -0.05) is 0 Å². The smallest absolute Gasteiger partial charge is 0.157 e. The van der Waals surface area contributed by atoms with E-state index in [9.17, 15) is 0 Å².